The summed E-state index contributed by atoms with van der Waals surface area (Å²) in [5, 5.41) is 0. The van der Waals surface area contributed by atoms with E-state index < -0.39 is 27.9 Å². The highest BCUT2D eigenvalue weighted by Gasteiger charge is 2.27. The van der Waals surface area contributed by atoms with Crippen molar-refractivity contribution < 1.29 is 27.5 Å². The third-order valence-electron chi connectivity index (χ3n) is 4.97. The summed E-state index contributed by atoms with van der Waals surface area (Å²) in [7, 11) is -4.04. The van der Waals surface area contributed by atoms with Crippen molar-refractivity contribution in [2.24, 2.45) is 0 Å². The minimum Gasteiger partial charge on any atom is -0.486 e. The van der Waals surface area contributed by atoms with Gasteiger partial charge in [0.25, 0.3) is 11.8 Å². The molecule has 2 amide bonds. The lowest BCUT2D eigenvalue weighted by Crippen LogP contribution is -2.52. The van der Waals surface area contributed by atoms with Crippen molar-refractivity contribution in [2.75, 3.05) is 25.2 Å². The molecular formula is C22H27N3O6S2. The molecular weight excluding hydrogens is 466 g/mol. The highest BCUT2D eigenvalue weighted by molar-refractivity contribution is 7.98. The van der Waals surface area contributed by atoms with E-state index in [0.29, 0.717) is 36.0 Å². The number of carbonyl (C=O) groups excluding carboxylic acids is 2. The molecule has 178 valence electrons. The Balaban J connectivity index is 1.70. The van der Waals surface area contributed by atoms with Gasteiger partial charge in [-0.2, -0.15) is 16.5 Å². The number of hydrazine groups is 1. The maximum absolute atomic E-state index is 13.0. The zero-order chi connectivity index (χ0) is 24.0. The summed E-state index contributed by atoms with van der Waals surface area (Å²) < 4.78 is 39.2. The number of sulfonamides is 1. The highest BCUT2D eigenvalue weighted by atomic mass is 32.2. The van der Waals surface area contributed by atoms with Crippen LogP contribution in [0.4, 0.5) is 0 Å². The van der Waals surface area contributed by atoms with Crippen LogP contribution in [0, 0.1) is 13.8 Å². The predicted molar refractivity (Wildman–Crippen MR) is 126 cm³/mol. The van der Waals surface area contributed by atoms with E-state index in [-0.39, 0.29) is 11.3 Å². The number of carbonyl (C=O) groups is 2. The Labute approximate surface area is 197 Å². The monoisotopic (exact) mass is 493 g/mol. The minimum absolute atomic E-state index is 0.0481. The first-order valence-electron chi connectivity index (χ1n) is 10.3. The van der Waals surface area contributed by atoms with Crippen LogP contribution >= 0.6 is 11.8 Å². The van der Waals surface area contributed by atoms with Crippen LogP contribution in [0.25, 0.3) is 0 Å². The van der Waals surface area contributed by atoms with E-state index >= 15 is 0 Å². The molecule has 0 bridgehead atoms. The highest BCUT2D eigenvalue weighted by Crippen LogP contribution is 2.32. The van der Waals surface area contributed by atoms with Crippen molar-refractivity contribution in [1.29, 1.82) is 0 Å². The Kier molecular flexibility index (Phi) is 8.22. The van der Waals surface area contributed by atoms with Crippen LogP contribution in [0.1, 0.15) is 27.9 Å². The van der Waals surface area contributed by atoms with E-state index in [1.165, 1.54) is 30.0 Å². The van der Waals surface area contributed by atoms with Gasteiger partial charge in [0.1, 0.15) is 19.3 Å². The normalized spacial score (nSPS) is 13.8. The Morgan fingerprint density at radius 3 is 2.45 bits per heavy atom. The van der Waals surface area contributed by atoms with Gasteiger partial charge in [0.15, 0.2) is 11.5 Å². The molecule has 1 aliphatic heterocycles. The number of thioether (sulfide) groups is 1. The SMILES string of the molecule is CSCCC(NS(=O)(=O)c1ccc2c(c1)OCCO2)C(=O)NNC(=O)c1ccc(C)cc1C. The summed E-state index contributed by atoms with van der Waals surface area (Å²) in [6.07, 6.45) is 2.09. The van der Waals surface area contributed by atoms with Gasteiger partial charge in [0.2, 0.25) is 10.0 Å². The third-order valence-corrected chi connectivity index (χ3v) is 7.09. The fourth-order valence-corrected chi connectivity index (χ4v) is 4.98. The average molecular weight is 494 g/mol. The number of rotatable bonds is 8. The molecule has 0 saturated carbocycles. The summed E-state index contributed by atoms with van der Waals surface area (Å²) >= 11 is 1.47. The van der Waals surface area contributed by atoms with Crippen LogP contribution in [-0.4, -0.2) is 51.5 Å². The van der Waals surface area contributed by atoms with Gasteiger partial charge >= 0.3 is 0 Å². The Morgan fingerprint density at radius 1 is 1.03 bits per heavy atom. The molecule has 11 heteroatoms. The Hall–Kier alpha value is -2.76. The molecule has 3 N–H and O–H groups in total. The van der Waals surface area contributed by atoms with E-state index in [2.05, 4.69) is 15.6 Å². The standard InChI is InChI=1S/C22H27N3O6S2/c1-14-4-6-17(15(2)12-14)21(26)23-24-22(27)18(8-11-32-3)25-33(28,29)16-5-7-19-20(13-16)31-10-9-30-19/h4-7,12-13,18,25H,8-11H2,1-3H3,(H,23,26)(H,24,27). The zero-order valence-corrected chi connectivity index (χ0v) is 20.3. The third kappa shape index (κ3) is 6.40. The number of aryl methyl sites for hydroxylation is 2. The summed E-state index contributed by atoms with van der Waals surface area (Å²) in [6, 6.07) is 8.51. The van der Waals surface area contributed by atoms with Gasteiger partial charge in [-0.1, -0.05) is 17.7 Å². The minimum atomic E-state index is -4.04. The van der Waals surface area contributed by atoms with E-state index in [4.69, 9.17) is 9.47 Å². The van der Waals surface area contributed by atoms with Gasteiger partial charge in [-0.05, 0) is 56.0 Å². The van der Waals surface area contributed by atoms with Crippen molar-refractivity contribution in [3.05, 3.63) is 53.1 Å². The van der Waals surface area contributed by atoms with Gasteiger partial charge in [0.05, 0.1) is 4.90 Å². The molecule has 0 saturated heterocycles. The maximum atomic E-state index is 13.0. The molecule has 0 aliphatic carbocycles. The Bertz CT molecular complexity index is 1140. The lowest BCUT2D eigenvalue weighted by molar-refractivity contribution is -0.123. The summed E-state index contributed by atoms with van der Waals surface area (Å²) in [5.74, 6) is 0.177. The van der Waals surface area contributed by atoms with E-state index in [9.17, 15) is 18.0 Å². The number of nitrogens with one attached hydrogen (secondary N) is 3. The summed E-state index contributed by atoms with van der Waals surface area (Å²) in [4.78, 5) is 25.2. The quantitative estimate of drug-likeness (QED) is 0.480. The lowest BCUT2D eigenvalue weighted by Gasteiger charge is -2.21. The van der Waals surface area contributed by atoms with E-state index in [0.717, 1.165) is 11.1 Å². The van der Waals surface area contributed by atoms with Crippen molar-refractivity contribution in [3.63, 3.8) is 0 Å². The van der Waals surface area contributed by atoms with Crippen LogP contribution in [0.3, 0.4) is 0 Å². The van der Waals surface area contributed by atoms with Crippen molar-refractivity contribution >= 4 is 33.6 Å². The van der Waals surface area contributed by atoms with Gasteiger partial charge in [-0.25, -0.2) is 8.42 Å². The predicted octanol–water partition coefficient (Wildman–Crippen LogP) is 1.94. The molecule has 1 aliphatic rings. The second-order valence-electron chi connectivity index (χ2n) is 7.52. The van der Waals surface area contributed by atoms with Gasteiger partial charge in [0, 0.05) is 11.6 Å². The smallest absolute Gasteiger partial charge is 0.269 e. The van der Waals surface area contributed by atoms with Crippen LogP contribution in [0.15, 0.2) is 41.3 Å². The summed E-state index contributed by atoms with van der Waals surface area (Å²) in [6.45, 7) is 4.43. The van der Waals surface area contributed by atoms with Crippen molar-refractivity contribution in [2.45, 2.75) is 31.2 Å². The molecule has 3 rings (SSSR count). The topological polar surface area (TPSA) is 123 Å². The van der Waals surface area contributed by atoms with Gasteiger partial charge < -0.3 is 9.47 Å². The number of hydrogen-bond acceptors (Lipinski definition) is 7. The molecule has 1 unspecified atom stereocenters. The molecule has 33 heavy (non-hydrogen) atoms. The van der Waals surface area contributed by atoms with Crippen molar-refractivity contribution in [3.8, 4) is 11.5 Å². The fraction of sp³-hybridized carbons (Fsp3) is 0.364. The Morgan fingerprint density at radius 2 is 1.76 bits per heavy atom. The fourth-order valence-electron chi connectivity index (χ4n) is 3.27. The first kappa shape index (κ1) is 24.9. The maximum Gasteiger partial charge on any atom is 0.269 e. The number of amides is 2. The second-order valence-corrected chi connectivity index (χ2v) is 10.2. The molecule has 2 aromatic rings. The number of ether oxygens (including phenoxy) is 2. The van der Waals surface area contributed by atoms with Gasteiger partial charge in [-0.3, -0.25) is 20.4 Å². The second kappa shape index (κ2) is 10.9. The molecule has 1 heterocycles. The van der Waals surface area contributed by atoms with Crippen molar-refractivity contribution in [1.82, 2.24) is 15.6 Å². The largest absolute Gasteiger partial charge is 0.486 e. The molecule has 0 spiro atoms. The van der Waals surface area contributed by atoms with Gasteiger partial charge in [-0.15, -0.1) is 0 Å². The van der Waals surface area contributed by atoms with Crippen LogP contribution in [0.5, 0.6) is 11.5 Å². The molecule has 0 aromatic heterocycles. The lowest BCUT2D eigenvalue weighted by atomic mass is 10.1. The number of hydrogen-bond donors (Lipinski definition) is 3. The first-order valence-corrected chi connectivity index (χ1v) is 13.2. The summed E-state index contributed by atoms with van der Waals surface area (Å²) in [5.41, 5.74) is 6.89. The van der Waals surface area contributed by atoms with E-state index in [1.807, 2.05) is 19.2 Å². The first-order chi connectivity index (χ1) is 15.7. The molecule has 2 aromatic carbocycles. The van der Waals surface area contributed by atoms with Crippen LogP contribution in [0.2, 0.25) is 0 Å². The molecule has 9 nitrogen and oxygen atoms in total. The number of benzene rings is 2. The molecule has 1 atom stereocenters. The molecule has 0 fully saturated rings. The number of fused-ring (bicyclic) bond motifs is 1. The van der Waals surface area contributed by atoms with Crippen LogP contribution < -0.4 is 25.0 Å². The average Bonchev–Trinajstić information content (AvgIpc) is 2.79. The van der Waals surface area contributed by atoms with E-state index in [1.54, 1.807) is 19.1 Å². The zero-order valence-electron chi connectivity index (χ0n) is 18.6. The van der Waals surface area contributed by atoms with Crippen LogP contribution in [-0.2, 0) is 14.8 Å². The molecule has 0 radical (unpaired) electrons.